The van der Waals surface area contributed by atoms with E-state index in [1.54, 1.807) is 0 Å². The Morgan fingerprint density at radius 1 is 0.833 bits per heavy atom. The van der Waals surface area contributed by atoms with Gasteiger partial charge in [-0.1, -0.05) is 62.4 Å². The van der Waals surface area contributed by atoms with Crippen LogP contribution in [0.15, 0.2) is 66.7 Å². The zero-order chi connectivity index (χ0) is 16.8. The van der Waals surface area contributed by atoms with Gasteiger partial charge in [0.1, 0.15) is 11.6 Å². The van der Waals surface area contributed by atoms with Gasteiger partial charge in [-0.15, -0.1) is 0 Å². The lowest BCUT2D eigenvalue weighted by Crippen LogP contribution is -2.10. The molecular weight excluding hydrogens is 296 g/mol. The van der Waals surface area contributed by atoms with Crippen LogP contribution in [0.25, 0.3) is 11.4 Å². The van der Waals surface area contributed by atoms with Crippen LogP contribution in [0.4, 0.5) is 17.3 Å². The SMILES string of the molecule is CC(C)CNc1cc(Nc2ccccc2)nc(-c2ccccc2)n1. The summed E-state index contributed by atoms with van der Waals surface area (Å²) < 4.78 is 0. The van der Waals surface area contributed by atoms with E-state index in [0.29, 0.717) is 11.7 Å². The number of rotatable bonds is 6. The summed E-state index contributed by atoms with van der Waals surface area (Å²) in [6.07, 6.45) is 0. The van der Waals surface area contributed by atoms with Gasteiger partial charge >= 0.3 is 0 Å². The molecule has 0 fully saturated rings. The minimum Gasteiger partial charge on any atom is -0.370 e. The zero-order valence-electron chi connectivity index (χ0n) is 14.0. The standard InChI is InChI=1S/C20H22N4/c1-15(2)14-21-18-13-19(22-17-11-7-4-8-12-17)24-20(23-18)16-9-5-3-6-10-16/h3-13,15H,14H2,1-2H3,(H2,21,22,23,24). The molecule has 0 aliphatic rings. The lowest BCUT2D eigenvalue weighted by molar-refractivity contribution is 0.687. The molecule has 0 radical (unpaired) electrons. The van der Waals surface area contributed by atoms with Crippen molar-refractivity contribution in [2.75, 3.05) is 17.2 Å². The Balaban J connectivity index is 1.93. The number of para-hydroxylation sites is 1. The third-order valence-corrected chi connectivity index (χ3v) is 3.50. The summed E-state index contributed by atoms with van der Waals surface area (Å²) in [4.78, 5) is 9.32. The summed E-state index contributed by atoms with van der Waals surface area (Å²) in [5.41, 5.74) is 2.01. The van der Waals surface area contributed by atoms with E-state index in [4.69, 9.17) is 0 Å². The van der Waals surface area contributed by atoms with Gasteiger partial charge in [0.25, 0.3) is 0 Å². The summed E-state index contributed by atoms with van der Waals surface area (Å²) in [6.45, 7) is 5.22. The van der Waals surface area contributed by atoms with Gasteiger partial charge in [0.15, 0.2) is 5.82 Å². The molecule has 0 saturated heterocycles. The normalized spacial score (nSPS) is 10.6. The topological polar surface area (TPSA) is 49.8 Å². The fourth-order valence-corrected chi connectivity index (χ4v) is 2.30. The second-order valence-corrected chi connectivity index (χ2v) is 6.09. The fourth-order valence-electron chi connectivity index (χ4n) is 2.30. The fraction of sp³-hybridized carbons (Fsp3) is 0.200. The van der Waals surface area contributed by atoms with Crippen molar-refractivity contribution in [1.29, 1.82) is 0 Å². The first kappa shape index (κ1) is 16.0. The van der Waals surface area contributed by atoms with Gasteiger partial charge in [-0.3, -0.25) is 0 Å². The third kappa shape index (κ3) is 4.32. The monoisotopic (exact) mass is 318 g/mol. The average Bonchev–Trinajstić information content (AvgIpc) is 2.61. The van der Waals surface area contributed by atoms with Crippen molar-refractivity contribution in [3.63, 3.8) is 0 Å². The van der Waals surface area contributed by atoms with Crippen molar-refractivity contribution in [2.45, 2.75) is 13.8 Å². The van der Waals surface area contributed by atoms with Crippen LogP contribution in [0.1, 0.15) is 13.8 Å². The summed E-state index contributed by atoms with van der Waals surface area (Å²) in [5, 5.41) is 6.74. The van der Waals surface area contributed by atoms with Crippen molar-refractivity contribution in [2.24, 2.45) is 5.92 Å². The Hall–Kier alpha value is -2.88. The number of hydrogen-bond acceptors (Lipinski definition) is 4. The van der Waals surface area contributed by atoms with Crippen molar-refractivity contribution in [3.8, 4) is 11.4 Å². The molecule has 0 unspecified atom stereocenters. The van der Waals surface area contributed by atoms with Crippen molar-refractivity contribution in [3.05, 3.63) is 66.7 Å². The van der Waals surface area contributed by atoms with Gasteiger partial charge in [0, 0.05) is 23.9 Å². The molecule has 0 saturated carbocycles. The van der Waals surface area contributed by atoms with Crippen molar-refractivity contribution < 1.29 is 0 Å². The Kier molecular flexibility index (Phi) is 5.06. The molecule has 3 rings (SSSR count). The molecule has 1 heterocycles. The van der Waals surface area contributed by atoms with E-state index < -0.39 is 0 Å². The van der Waals surface area contributed by atoms with E-state index in [-0.39, 0.29) is 0 Å². The molecule has 122 valence electrons. The highest BCUT2D eigenvalue weighted by atomic mass is 15.1. The molecule has 2 aromatic carbocycles. The first-order chi connectivity index (χ1) is 11.7. The van der Waals surface area contributed by atoms with Crippen molar-refractivity contribution >= 4 is 17.3 Å². The molecule has 0 atom stereocenters. The lowest BCUT2D eigenvalue weighted by atomic mass is 10.2. The van der Waals surface area contributed by atoms with E-state index in [9.17, 15) is 0 Å². The molecule has 0 bridgehead atoms. The molecule has 1 aromatic heterocycles. The molecule has 4 nitrogen and oxygen atoms in total. The van der Waals surface area contributed by atoms with Gasteiger partial charge in [0.05, 0.1) is 0 Å². The molecule has 3 aromatic rings. The van der Waals surface area contributed by atoms with E-state index in [2.05, 4.69) is 34.4 Å². The quantitative estimate of drug-likeness (QED) is 0.675. The Labute approximate surface area is 143 Å². The maximum atomic E-state index is 4.66. The third-order valence-electron chi connectivity index (χ3n) is 3.50. The van der Waals surface area contributed by atoms with E-state index in [1.165, 1.54) is 0 Å². The predicted octanol–water partition coefficient (Wildman–Crippen LogP) is 4.96. The molecule has 0 aliphatic carbocycles. The van der Waals surface area contributed by atoms with Crippen molar-refractivity contribution in [1.82, 2.24) is 9.97 Å². The van der Waals surface area contributed by atoms with Gasteiger partial charge in [0.2, 0.25) is 0 Å². The largest absolute Gasteiger partial charge is 0.370 e. The van der Waals surface area contributed by atoms with Crippen LogP contribution < -0.4 is 10.6 Å². The van der Waals surface area contributed by atoms with Gasteiger partial charge in [-0.25, -0.2) is 9.97 Å². The molecule has 0 spiro atoms. The van der Waals surface area contributed by atoms with Gasteiger partial charge < -0.3 is 10.6 Å². The number of nitrogens with zero attached hydrogens (tertiary/aromatic N) is 2. The molecule has 0 aliphatic heterocycles. The van der Waals surface area contributed by atoms with Crippen LogP contribution >= 0.6 is 0 Å². The van der Waals surface area contributed by atoms with E-state index >= 15 is 0 Å². The number of nitrogens with one attached hydrogen (secondary N) is 2. The van der Waals surface area contributed by atoms with Gasteiger partial charge in [-0.05, 0) is 18.1 Å². The first-order valence-electron chi connectivity index (χ1n) is 8.21. The van der Waals surface area contributed by atoms with Crippen LogP contribution in [0.3, 0.4) is 0 Å². The smallest absolute Gasteiger partial charge is 0.163 e. The summed E-state index contributed by atoms with van der Waals surface area (Å²) in [6, 6.07) is 22.0. The second-order valence-electron chi connectivity index (χ2n) is 6.09. The molecule has 4 heteroatoms. The van der Waals surface area contributed by atoms with E-state index in [0.717, 1.165) is 29.4 Å². The number of hydrogen-bond donors (Lipinski definition) is 2. The van der Waals surface area contributed by atoms with Gasteiger partial charge in [-0.2, -0.15) is 0 Å². The highest BCUT2D eigenvalue weighted by Crippen LogP contribution is 2.22. The molecular formula is C20H22N4. The summed E-state index contributed by atoms with van der Waals surface area (Å²) in [7, 11) is 0. The number of aromatic nitrogens is 2. The highest BCUT2D eigenvalue weighted by molar-refractivity contribution is 5.65. The maximum absolute atomic E-state index is 4.66. The minimum atomic E-state index is 0.547. The Bertz CT molecular complexity index is 770. The second kappa shape index (κ2) is 7.59. The van der Waals surface area contributed by atoms with Crippen LogP contribution in [0.5, 0.6) is 0 Å². The first-order valence-corrected chi connectivity index (χ1v) is 8.21. The predicted molar refractivity (Wildman–Crippen MR) is 101 cm³/mol. The van der Waals surface area contributed by atoms with Crippen LogP contribution in [0, 0.1) is 5.92 Å². The summed E-state index contributed by atoms with van der Waals surface area (Å²) >= 11 is 0. The molecule has 0 amide bonds. The van der Waals surface area contributed by atoms with Crippen LogP contribution in [0.2, 0.25) is 0 Å². The van der Waals surface area contributed by atoms with E-state index in [1.807, 2.05) is 66.7 Å². The molecule has 24 heavy (non-hydrogen) atoms. The van der Waals surface area contributed by atoms with Crippen LogP contribution in [-0.2, 0) is 0 Å². The minimum absolute atomic E-state index is 0.547. The maximum Gasteiger partial charge on any atom is 0.163 e. The highest BCUT2D eigenvalue weighted by Gasteiger charge is 2.07. The zero-order valence-corrected chi connectivity index (χ0v) is 14.0. The Morgan fingerprint density at radius 2 is 1.46 bits per heavy atom. The summed E-state index contributed by atoms with van der Waals surface area (Å²) in [5.74, 6) is 2.87. The Morgan fingerprint density at radius 3 is 2.12 bits per heavy atom. The average molecular weight is 318 g/mol. The molecule has 2 N–H and O–H groups in total. The number of anilines is 3. The number of benzene rings is 2. The lowest BCUT2D eigenvalue weighted by Gasteiger charge is -2.13. The van der Waals surface area contributed by atoms with Crippen LogP contribution in [-0.4, -0.2) is 16.5 Å².